The Morgan fingerprint density at radius 1 is 1.26 bits per heavy atom. The fourth-order valence-electron chi connectivity index (χ4n) is 1.82. The molecule has 0 atom stereocenters. The van der Waals surface area contributed by atoms with Gasteiger partial charge in [-0.2, -0.15) is 0 Å². The summed E-state index contributed by atoms with van der Waals surface area (Å²) < 4.78 is 5.05. The van der Waals surface area contributed by atoms with Crippen molar-refractivity contribution in [3.05, 3.63) is 59.6 Å². The molecule has 0 spiro atoms. The fourth-order valence-corrected chi connectivity index (χ4v) is 1.99. The number of pyridine rings is 1. The van der Waals surface area contributed by atoms with Gasteiger partial charge in [0.1, 0.15) is 0 Å². The number of carbonyl (C=O) groups is 1. The molecule has 3 rings (SSSR count). The molecule has 1 aromatic carbocycles. The molecule has 94 valence electrons. The number of carbonyl (C=O) groups excluding carboxylic acids is 1. The average Bonchev–Trinajstić information content (AvgIpc) is 2.92. The summed E-state index contributed by atoms with van der Waals surface area (Å²) in [6, 6.07) is 10.3. The maximum Gasteiger partial charge on any atom is 0.291 e. The van der Waals surface area contributed by atoms with Gasteiger partial charge in [0, 0.05) is 16.6 Å². The van der Waals surface area contributed by atoms with Gasteiger partial charge < -0.3 is 9.73 Å². The van der Waals surface area contributed by atoms with Crippen LogP contribution in [0, 0.1) is 0 Å². The number of anilines is 1. The molecule has 0 aliphatic carbocycles. The number of hydrogen-bond donors (Lipinski definition) is 1. The molecule has 2 aromatic heterocycles. The minimum Gasteiger partial charge on any atom is -0.459 e. The lowest BCUT2D eigenvalue weighted by Gasteiger charge is -2.07. The number of rotatable bonds is 2. The van der Waals surface area contributed by atoms with E-state index in [0.29, 0.717) is 10.7 Å². The van der Waals surface area contributed by atoms with Gasteiger partial charge in [0.25, 0.3) is 5.91 Å². The van der Waals surface area contributed by atoms with E-state index in [9.17, 15) is 4.79 Å². The van der Waals surface area contributed by atoms with Gasteiger partial charge in [-0.05, 0) is 36.4 Å². The van der Waals surface area contributed by atoms with E-state index in [-0.39, 0.29) is 11.7 Å². The SMILES string of the molecule is O=C(Nc1ccnc2cc(Cl)ccc12)c1ccco1. The van der Waals surface area contributed by atoms with Crippen LogP contribution in [0.15, 0.2) is 53.3 Å². The first kappa shape index (κ1) is 11.7. The molecule has 0 radical (unpaired) electrons. The Kier molecular flexibility index (Phi) is 2.93. The summed E-state index contributed by atoms with van der Waals surface area (Å²) in [4.78, 5) is 16.1. The zero-order valence-electron chi connectivity index (χ0n) is 9.76. The Hall–Kier alpha value is -2.33. The van der Waals surface area contributed by atoms with E-state index in [4.69, 9.17) is 16.0 Å². The average molecular weight is 273 g/mol. The van der Waals surface area contributed by atoms with Crippen LogP contribution in [0.5, 0.6) is 0 Å². The lowest BCUT2D eigenvalue weighted by atomic mass is 10.2. The highest BCUT2D eigenvalue weighted by molar-refractivity contribution is 6.31. The Balaban J connectivity index is 1.99. The standard InChI is InChI=1S/C14H9ClN2O2/c15-9-3-4-10-11(5-6-16-12(10)8-9)17-14(18)13-2-1-7-19-13/h1-8H,(H,16,17,18). The number of halogens is 1. The molecular formula is C14H9ClN2O2. The number of fused-ring (bicyclic) bond motifs is 1. The van der Waals surface area contributed by atoms with Crippen LogP contribution in [0.2, 0.25) is 5.02 Å². The Morgan fingerprint density at radius 3 is 2.95 bits per heavy atom. The second-order valence-electron chi connectivity index (χ2n) is 3.95. The predicted octanol–water partition coefficient (Wildman–Crippen LogP) is 3.73. The molecule has 2 heterocycles. The van der Waals surface area contributed by atoms with Crippen LogP contribution in [0.4, 0.5) is 5.69 Å². The van der Waals surface area contributed by atoms with Crippen LogP contribution in [0.25, 0.3) is 10.9 Å². The van der Waals surface area contributed by atoms with E-state index in [2.05, 4.69) is 10.3 Å². The van der Waals surface area contributed by atoms with Gasteiger partial charge in [0.05, 0.1) is 17.5 Å². The van der Waals surface area contributed by atoms with Crippen molar-refractivity contribution in [3.8, 4) is 0 Å². The molecule has 0 aliphatic heterocycles. The van der Waals surface area contributed by atoms with Crippen LogP contribution >= 0.6 is 11.6 Å². The summed E-state index contributed by atoms with van der Waals surface area (Å²) in [5.74, 6) is -0.0358. The van der Waals surface area contributed by atoms with Gasteiger partial charge in [-0.25, -0.2) is 0 Å². The van der Waals surface area contributed by atoms with Crippen LogP contribution < -0.4 is 5.32 Å². The largest absolute Gasteiger partial charge is 0.459 e. The van der Waals surface area contributed by atoms with Gasteiger partial charge in [-0.15, -0.1) is 0 Å². The Labute approximate surface area is 114 Å². The molecule has 0 saturated carbocycles. The second-order valence-corrected chi connectivity index (χ2v) is 4.39. The smallest absolute Gasteiger partial charge is 0.291 e. The third-order valence-electron chi connectivity index (χ3n) is 2.70. The maximum absolute atomic E-state index is 11.9. The number of benzene rings is 1. The summed E-state index contributed by atoms with van der Waals surface area (Å²) >= 11 is 5.92. The molecule has 0 fully saturated rings. The first-order valence-corrected chi connectivity index (χ1v) is 6.01. The zero-order chi connectivity index (χ0) is 13.2. The molecule has 0 aliphatic rings. The van der Waals surface area contributed by atoms with E-state index in [0.717, 1.165) is 10.9 Å². The topological polar surface area (TPSA) is 55.1 Å². The molecule has 4 nitrogen and oxygen atoms in total. The lowest BCUT2D eigenvalue weighted by Crippen LogP contribution is -2.11. The number of nitrogens with zero attached hydrogens (tertiary/aromatic N) is 1. The quantitative estimate of drug-likeness (QED) is 0.773. The van der Waals surface area contributed by atoms with Crippen LogP contribution in [-0.2, 0) is 0 Å². The van der Waals surface area contributed by atoms with Crippen LogP contribution in [0.3, 0.4) is 0 Å². The van der Waals surface area contributed by atoms with Crippen molar-refractivity contribution in [2.75, 3.05) is 5.32 Å². The zero-order valence-corrected chi connectivity index (χ0v) is 10.5. The minimum absolute atomic E-state index is 0.263. The van der Waals surface area contributed by atoms with E-state index < -0.39 is 0 Å². The van der Waals surface area contributed by atoms with Crippen molar-refractivity contribution < 1.29 is 9.21 Å². The van der Waals surface area contributed by atoms with Crippen molar-refractivity contribution in [3.63, 3.8) is 0 Å². The monoisotopic (exact) mass is 272 g/mol. The number of amides is 1. The highest BCUT2D eigenvalue weighted by Crippen LogP contribution is 2.24. The van der Waals surface area contributed by atoms with Gasteiger partial charge in [-0.1, -0.05) is 11.6 Å². The van der Waals surface area contributed by atoms with Gasteiger partial charge in [0.2, 0.25) is 0 Å². The van der Waals surface area contributed by atoms with Crippen molar-refractivity contribution in [1.29, 1.82) is 0 Å². The molecule has 0 saturated heterocycles. The molecule has 1 amide bonds. The molecule has 19 heavy (non-hydrogen) atoms. The van der Waals surface area contributed by atoms with Gasteiger partial charge in [-0.3, -0.25) is 9.78 Å². The van der Waals surface area contributed by atoms with Crippen molar-refractivity contribution in [1.82, 2.24) is 4.98 Å². The van der Waals surface area contributed by atoms with E-state index in [1.54, 1.807) is 36.5 Å². The van der Waals surface area contributed by atoms with E-state index >= 15 is 0 Å². The fraction of sp³-hybridized carbons (Fsp3) is 0. The lowest BCUT2D eigenvalue weighted by molar-refractivity contribution is 0.0997. The third-order valence-corrected chi connectivity index (χ3v) is 2.93. The molecular weight excluding hydrogens is 264 g/mol. The van der Waals surface area contributed by atoms with E-state index in [1.165, 1.54) is 6.26 Å². The summed E-state index contributed by atoms with van der Waals surface area (Å²) in [6.07, 6.45) is 3.08. The van der Waals surface area contributed by atoms with E-state index in [1.807, 2.05) is 6.07 Å². The second kappa shape index (κ2) is 4.74. The van der Waals surface area contributed by atoms with Crippen molar-refractivity contribution in [2.45, 2.75) is 0 Å². The molecule has 3 aromatic rings. The van der Waals surface area contributed by atoms with Crippen molar-refractivity contribution >= 4 is 34.1 Å². The minimum atomic E-state index is -0.299. The summed E-state index contributed by atoms with van der Waals surface area (Å²) in [7, 11) is 0. The Morgan fingerprint density at radius 2 is 2.16 bits per heavy atom. The molecule has 0 bridgehead atoms. The van der Waals surface area contributed by atoms with Gasteiger partial charge in [0.15, 0.2) is 5.76 Å². The third kappa shape index (κ3) is 2.30. The number of furan rings is 1. The van der Waals surface area contributed by atoms with Crippen LogP contribution in [0.1, 0.15) is 10.6 Å². The Bertz CT molecular complexity index is 738. The molecule has 0 unspecified atom stereocenters. The normalized spacial score (nSPS) is 10.6. The number of hydrogen-bond acceptors (Lipinski definition) is 3. The van der Waals surface area contributed by atoms with Crippen molar-refractivity contribution in [2.24, 2.45) is 0 Å². The van der Waals surface area contributed by atoms with Crippen LogP contribution in [-0.4, -0.2) is 10.9 Å². The predicted molar refractivity (Wildman–Crippen MR) is 73.4 cm³/mol. The summed E-state index contributed by atoms with van der Waals surface area (Å²) in [5, 5.41) is 4.22. The summed E-state index contributed by atoms with van der Waals surface area (Å²) in [5.41, 5.74) is 1.40. The van der Waals surface area contributed by atoms with Gasteiger partial charge >= 0.3 is 0 Å². The molecule has 5 heteroatoms. The highest BCUT2D eigenvalue weighted by atomic mass is 35.5. The number of nitrogens with one attached hydrogen (secondary N) is 1. The summed E-state index contributed by atoms with van der Waals surface area (Å²) in [6.45, 7) is 0. The number of aromatic nitrogens is 1. The first-order chi connectivity index (χ1) is 9.24. The maximum atomic E-state index is 11.9. The first-order valence-electron chi connectivity index (χ1n) is 5.63. The highest BCUT2D eigenvalue weighted by Gasteiger charge is 2.10. The molecule has 1 N–H and O–H groups in total.